The van der Waals surface area contributed by atoms with Gasteiger partial charge in [0.05, 0.1) is 0 Å². The number of hydrogen-bond acceptors (Lipinski definition) is 4. The van der Waals surface area contributed by atoms with Gasteiger partial charge in [-0.2, -0.15) is 0 Å². The zero-order valence-corrected chi connectivity index (χ0v) is 12.3. The van der Waals surface area contributed by atoms with E-state index in [1.165, 1.54) is 6.42 Å². The molecule has 1 atom stereocenters. The van der Waals surface area contributed by atoms with Crippen molar-refractivity contribution in [2.24, 2.45) is 5.92 Å². The Hall–Kier alpha value is -1.32. The van der Waals surface area contributed by atoms with Gasteiger partial charge in [0, 0.05) is 32.6 Å². The summed E-state index contributed by atoms with van der Waals surface area (Å²) >= 11 is 0. The number of nitrogens with one attached hydrogen (secondary N) is 1. The Balaban J connectivity index is 2.88. The summed E-state index contributed by atoms with van der Waals surface area (Å²) in [5, 5.41) is 3.27. The van der Waals surface area contributed by atoms with Crippen molar-refractivity contribution in [3.63, 3.8) is 0 Å². The zero-order chi connectivity index (χ0) is 13.5. The molecule has 0 saturated carbocycles. The van der Waals surface area contributed by atoms with Gasteiger partial charge in [-0.05, 0) is 12.8 Å². The normalized spacial score (nSPS) is 12.3. The number of aromatic nitrogens is 2. The van der Waals surface area contributed by atoms with Crippen LogP contribution in [0.4, 0.5) is 11.6 Å². The van der Waals surface area contributed by atoms with Crippen LogP contribution in [0.25, 0.3) is 0 Å². The van der Waals surface area contributed by atoms with Crippen molar-refractivity contribution in [1.82, 2.24) is 9.97 Å². The molecule has 18 heavy (non-hydrogen) atoms. The van der Waals surface area contributed by atoms with Crippen molar-refractivity contribution < 1.29 is 0 Å². The fourth-order valence-electron chi connectivity index (χ4n) is 1.80. The molecular formula is C14H26N4. The summed E-state index contributed by atoms with van der Waals surface area (Å²) in [6, 6.07) is 2.03. The predicted molar refractivity (Wildman–Crippen MR) is 78.3 cm³/mol. The van der Waals surface area contributed by atoms with Gasteiger partial charge in [0.1, 0.15) is 17.5 Å². The highest BCUT2D eigenvalue weighted by atomic mass is 15.2. The molecule has 1 N–H and O–H groups in total. The van der Waals surface area contributed by atoms with Crippen LogP contribution in [0.5, 0.6) is 0 Å². The number of nitrogens with zero attached hydrogens (tertiary/aromatic N) is 3. The van der Waals surface area contributed by atoms with Crippen LogP contribution in [0.2, 0.25) is 0 Å². The summed E-state index contributed by atoms with van der Waals surface area (Å²) in [7, 11) is 2.10. The predicted octanol–water partition coefficient (Wildman–Crippen LogP) is 2.95. The van der Waals surface area contributed by atoms with Crippen LogP contribution in [-0.2, 0) is 6.42 Å². The van der Waals surface area contributed by atoms with Gasteiger partial charge in [-0.15, -0.1) is 0 Å². The molecule has 0 aromatic carbocycles. The van der Waals surface area contributed by atoms with E-state index in [0.717, 1.165) is 37.0 Å². The summed E-state index contributed by atoms with van der Waals surface area (Å²) in [5.41, 5.74) is 0. The lowest BCUT2D eigenvalue weighted by atomic mass is 10.1. The Morgan fingerprint density at radius 1 is 1.28 bits per heavy atom. The molecule has 0 spiro atoms. The van der Waals surface area contributed by atoms with E-state index in [-0.39, 0.29) is 0 Å². The Bertz CT molecular complexity index is 365. The first-order chi connectivity index (χ1) is 8.60. The van der Waals surface area contributed by atoms with Gasteiger partial charge >= 0.3 is 0 Å². The second kappa shape index (κ2) is 7.19. The number of aryl methyl sites for hydroxylation is 1. The lowest BCUT2D eigenvalue weighted by molar-refractivity contribution is 0.557. The van der Waals surface area contributed by atoms with E-state index in [1.54, 1.807) is 0 Å². The minimum Gasteiger partial charge on any atom is -0.370 e. The molecule has 102 valence electrons. The molecule has 1 heterocycles. The van der Waals surface area contributed by atoms with E-state index >= 15 is 0 Å². The van der Waals surface area contributed by atoms with Crippen molar-refractivity contribution in [2.45, 2.75) is 40.5 Å². The fraction of sp³-hybridized carbons (Fsp3) is 0.714. The van der Waals surface area contributed by atoms with E-state index < -0.39 is 0 Å². The van der Waals surface area contributed by atoms with Crippen LogP contribution in [-0.4, -0.2) is 30.1 Å². The third-order valence-corrected chi connectivity index (χ3v) is 3.11. The molecule has 1 aromatic heterocycles. The van der Waals surface area contributed by atoms with Gasteiger partial charge < -0.3 is 10.2 Å². The molecule has 0 saturated heterocycles. The van der Waals surface area contributed by atoms with Gasteiger partial charge in [-0.1, -0.05) is 27.2 Å². The fourth-order valence-corrected chi connectivity index (χ4v) is 1.80. The van der Waals surface area contributed by atoms with Crippen molar-refractivity contribution in [3.05, 3.63) is 11.9 Å². The second-order valence-corrected chi connectivity index (χ2v) is 4.81. The first-order valence-corrected chi connectivity index (χ1v) is 6.93. The Kier molecular flexibility index (Phi) is 5.89. The van der Waals surface area contributed by atoms with Crippen LogP contribution in [0, 0.1) is 5.92 Å². The minimum atomic E-state index is 0.678. The molecule has 0 amide bonds. The number of anilines is 2. The first kappa shape index (κ1) is 14.7. The molecule has 0 fully saturated rings. The lowest BCUT2D eigenvalue weighted by Gasteiger charge is -2.22. The molecule has 0 bridgehead atoms. The van der Waals surface area contributed by atoms with Crippen molar-refractivity contribution in [1.29, 1.82) is 0 Å². The van der Waals surface area contributed by atoms with Crippen molar-refractivity contribution >= 4 is 11.6 Å². The van der Waals surface area contributed by atoms with E-state index in [0.29, 0.717) is 5.92 Å². The van der Waals surface area contributed by atoms with Gasteiger partial charge in [0.2, 0.25) is 0 Å². The molecular weight excluding hydrogens is 224 g/mol. The largest absolute Gasteiger partial charge is 0.370 e. The highest BCUT2D eigenvalue weighted by Gasteiger charge is 2.09. The van der Waals surface area contributed by atoms with Crippen molar-refractivity contribution in [3.8, 4) is 0 Å². The van der Waals surface area contributed by atoms with Gasteiger partial charge in [0.15, 0.2) is 0 Å². The first-order valence-electron chi connectivity index (χ1n) is 6.93. The van der Waals surface area contributed by atoms with E-state index in [1.807, 2.05) is 6.07 Å². The average molecular weight is 250 g/mol. The lowest BCUT2D eigenvalue weighted by Crippen LogP contribution is -2.25. The summed E-state index contributed by atoms with van der Waals surface area (Å²) in [6.07, 6.45) is 2.06. The quantitative estimate of drug-likeness (QED) is 0.808. The summed E-state index contributed by atoms with van der Waals surface area (Å²) in [6.45, 7) is 10.6. The number of hydrogen-bond donors (Lipinski definition) is 1. The smallest absolute Gasteiger partial charge is 0.134 e. The molecule has 1 aromatic rings. The van der Waals surface area contributed by atoms with E-state index in [4.69, 9.17) is 0 Å². The second-order valence-electron chi connectivity index (χ2n) is 4.81. The molecule has 4 heteroatoms. The molecule has 0 aliphatic carbocycles. The van der Waals surface area contributed by atoms with E-state index in [2.05, 4.69) is 54.9 Å². The SMILES string of the molecule is CCNc1cc(N(C)CC(C)CC)nc(CC)n1. The minimum absolute atomic E-state index is 0.678. The highest BCUT2D eigenvalue weighted by molar-refractivity contribution is 5.49. The molecule has 0 radical (unpaired) electrons. The standard InChI is InChI=1S/C14H26N4/c1-6-11(4)10-18(5)14-9-13(15-8-3)16-12(7-2)17-14/h9,11H,6-8,10H2,1-5H3,(H,15,16,17). The molecule has 0 aliphatic rings. The maximum atomic E-state index is 4.60. The molecule has 1 rings (SSSR count). The van der Waals surface area contributed by atoms with Crippen LogP contribution < -0.4 is 10.2 Å². The monoisotopic (exact) mass is 250 g/mol. The Labute approximate surface area is 111 Å². The number of rotatable bonds is 7. The summed E-state index contributed by atoms with van der Waals surface area (Å²) in [4.78, 5) is 11.3. The zero-order valence-electron chi connectivity index (χ0n) is 12.3. The molecule has 0 aliphatic heterocycles. The molecule has 1 unspecified atom stereocenters. The van der Waals surface area contributed by atoms with Crippen molar-refractivity contribution in [2.75, 3.05) is 30.4 Å². The highest BCUT2D eigenvalue weighted by Crippen LogP contribution is 2.17. The van der Waals surface area contributed by atoms with Crippen LogP contribution in [0.3, 0.4) is 0 Å². The topological polar surface area (TPSA) is 41.0 Å². The third kappa shape index (κ3) is 4.17. The maximum Gasteiger partial charge on any atom is 0.134 e. The maximum absolute atomic E-state index is 4.60. The van der Waals surface area contributed by atoms with Crippen LogP contribution >= 0.6 is 0 Å². The van der Waals surface area contributed by atoms with Crippen LogP contribution in [0.15, 0.2) is 6.07 Å². The Morgan fingerprint density at radius 2 is 2.00 bits per heavy atom. The third-order valence-electron chi connectivity index (χ3n) is 3.11. The summed E-state index contributed by atoms with van der Waals surface area (Å²) in [5.74, 6) is 3.52. The van der Waals surface area contributed by atoms with E-state index in [9.17, 15) is 0 Å². The Morgan fingerprint density at radius 3 is 2.56 bits per heavy atom. The average Bonchev–Trinajstić information content (AvgIpc) is 2.38. The van der Waals surface area contributed by atoms with Gasteiger partial charge in [0.25, 0.3) is 0 Å². The van der Waals surface area contributed by atoms with Crippen LogP contribution in [0.1, 0.15) is 39.9 Å². The van der Waals surface area contributed by atoms with Gasteiger partial charge in [-0.25, -0.2) is 9.97 Å². The van der Waals surface area contributed by atoms with Gasteiger partial charge in [-0.3, -0.25) is 0 Å². The molecule has 4 nitrogen and oxygen atoms in total. The summed E-state index contributed by atoms with van der Waals surface area (Å²) < 4.78 is 0.